The van der Waals surface area contributed by atoms with Crippen LogP contribution in [0.4, 0.5) is 0 Å². The van der Waals surface area contributed by atoms with Crippen molar-refractivity contribution < 1.29 is 19.1 Å². The second-order valence-electron chi connectivity index (χ2n) is 6.95. The molecule has 1 amide bonds. The van der Waals surface area contributed by atoms with Gasteiger partial charge in [0, 0.05) is 49.1 Å². The van der Waals surface area contributed by atoms with Crippen molar-refractivity contribution in [3.63, 3.8) is 0 Å². The van der Waals surface area contributed by atoms with E-state index in [1.165, 1.54) is 0 Å². The van der Waals surface area contributed by atoms with Gasteiger partial charge < -0.3 is 14.4 Å². The maximum atomic E-state index is 13.0. The number of benzene rings is 1. The Bertz CT molecular complexity index is 671. The molecule has 0 spiro atoms. The van der Waals surface area contributed by atoms with E-state index in [4.69, 9.17) is 9.47 Å². The predicted molar refractivity (Wildman–Crippen MR) is 83.6 cm³/mol. The van der Waals surface area contributed by atoms with Crippen LogP contribution in [0.1, 0.15) is 32.7 Å². The van der Waals surface area contributed by atoms with Crippen molar-refractivity contribution in [2.45, 2.75) is 12.8 Å². The Morgan fingerprint density at radius 2 is 2.30 bits per heavy atom. The van der Waals surface area contributed by atoms with Crippen molar-refractivity contribution in [2.24, 2.45) is 11.3 Å². The molecule has 23 heavy (non-hydrogen) atoms. The summed E-state index contributed by atoms with van der Waals surface area (Å²) in [5.41, 5.74) is 2.28. The van der Waals surface area contributed by atoms with E-state index in [1.54, 1.807) is 7.11 Å². The molecule has 5 heteroatoms. The summed E-state index contributed by atoms with van der Waals surface area (Å²) < 4.78 is 11.0. The molecule has 2 aliphatic heterocycles. The fraction of sp³-hybridized carbons (Fsp3) is 0.556. The number of hydrogen-bond acceptors (Lipinski definition) is 4. The van der Waals surface area contributed by atoms with Crippen molar-refractivity contribution in [1.29, 1.82) is 0 Å². The number of ketones is 1. The lowest BCUT2D eigenvalue weighted by atomic mass is 9.82. The fourth-order valence-corrected chi connectivity index (χ4v) is 4.34. The van der Waals surface area contributed by atoms with Gasteiger partial charge in [0.05, 0.1) is 19.8 Å². The summed E-state index contributed by atoms with van der Waals surface area (Å²) in [5, 5.41) is 0. The van der Waals surface area contributed by atoms with Crippen LogP contribution < -0.4 is 0 Å². The van der Waals surface area contributed by atoms with E-state index in [-0.39, 0.29) is 17.1 Å². The SMILES string of the molecule is COC[C@@]12COC[C@@H]1CN(C(=O)c1cccc3c1CCC3=O)C2. The van der Waals surface area contributed by atoms with Crippen LogP contribution in [-0.2, 0) is 15.9 Å². The Morgan fingerprint density at radius 1 is 1.43 bits per heavy atom. The maximum absolute atomic E-state index is 13.0. The Balaban J connectivity index is 1.61. The Labute approximate surface area is 135 Å². The Kier molecular flexibility index (Phi) is 3.50. The number of carbonyl (C=O) groups is 2. The highest BCUT2D eigenvalue weighted by Gasteiger charge is 2.52. The van der Waals surface area contributed by atoms with Crippen LogP contribution >= 0.6 is 0 Å². The van der Waals surface area contributed by atoms with Gasteiger partial charge in [-0.15, -0.1) is 0 Å². The summed E-state index contributed by atoms with van der Waals surface area (Å²) in [6.45, 7) is 3.34. The van der Waals surface area contributed by atoms with Crippen LogP contribution in [0.25, 0.3) is 0 Å². The van der Waals surface area contributed by atoms with Gasteiger partial charge in [-0.1, -0.05) is 12.1 Å². The number of fused-ring (bicyclic) bond motifs is 2. The molecular formula is C18H21NO4. The lowest BCUT2D eigenvalue weighted by molar-refractivity contribution is 0.0488. The summed E-state index contributed by atoms with van der Waals surface area (Å²) in [6.07, 6.45) is 1.20. The first-order chi connectivity index (χ1) is 11.1. The number of amides is 1. The first kappa shape index (κ1) is 14.8. The molecule has 0 N–H and O–H groups in total. The molecular weight excluding hydrogens is 294 g/mol. The number of hydrogen-bond donors (Lipinski definition) is 0. The van der Waals surface area contributed by atoms with Gasteiger partial charge in [0.1, 0.15) is 0 Å². The van der Waals surface area contributed by atoms with Gasteiger partial charge >= 0.3 is 0 Å². The van der Waals surface area contributed by atoms with Gasteiger partial charge in [-0.3, -0.25) is 9.59 Å². The zero-order chi connectivity index (χ0) is 16.0. The molecule has 0 saturated carbocycles. The standard InChI is InChI=1S/C18H21NO4/c1-22-10-18-9-19(7-12(18)8-23-11-18)17(21)15-4-2-3-14-13(15)5-6-16(14)20/h2-4,12H,5-11H2,1H3/t12-,18-/m0/s1. The predicted octanol–water partition coefficient (Wildman–Crippen LogP) is 1.55. The Hall–Kier alpha value is -1.72. The molecule has 0 aromatic heterocycles. The molecule has 0 bridgehead atoms. The number of likely N-dealkylation sites (tertiary alicyclic amines) is 1. The minimum absolute atomic E-state index is 0.0430. The zero-order valence-corrected chi connectivity index (χ0v) is 13.3. The van der Waals surface area contributed by atoms with Crippen LogP contribution in [0.2, 0.25) is 0 Å². The van der Waals surface area contributed by atoms with E-state index in [0.29, 0.717) is 57.2 Å². The van der Waals surface area contributed by atoms with Crippen molar-refractivity contribution in [3.8, 4) is 0 Å². The van der Waals surface area contributed by atoms with Crippen LogP contribution in [-0.4, -0.2) is 56.6 Å². The van der Waals surface area contributed by atoms with Gasteiger partial charge in [0.2, 0.25) is 0 Å². The molecule has 5 nitrogen and oxygen atoms in total. The fourth-order valence-electron chi connectivity index (χ4n) is 4.34. The van der Waals surface area contributed by atoms with E-state index in [0.717, 1.165) is 11.1 Å². The van der Waals surface area contributed by atoms with Gasteiger partial charge in [0.15, 0.2) is 5.78 Å². The highest BCUT2D eigenvalue weighted by Crippen LogP contribution is 2.42. The monoisotopic (exact) mass is 315 g/mol. The van der Waals surface area contributed by atoms with Crippen molar-refractivity contribution in [1.82, 2.24) is 4.90 Å². The summed E-state index contributed by atoms with van der Waals surface area (Å²) in [7, 11) is 1.70. The Morgan fingerprint density at radius 3 is 3.13 bits per heavy atom. The molecule has 4 rings (SSSR count). The van der Waals surface area contributed by atoms with Crippen LogP contribution in [0.3, 0.4) is 0 Å². The molecule has 2 heterocycles. The minimum Gasteiger partial charge on any atom is -0.384 e. The minimum atomic E-state index is -0.0712. The number of rotatable bonds is 3. The van der Waals surface area contributed by atoms with E-state index >= 15 is 0 Å². The zero-order valence-electron chi connectivity index (χ0n) is 13.3. The lowest BCUT2D eigenvalue weighted by Gasteiger charge is -2.26. The molecule has 1 aromatic rings. The second-order valence-corrected chi connectivity index (χ2v) is 6.95. The van der Waals surface area contributed by atoms with Gasteiger partial charge in [-0.25, -0.2) is 0 Å². The van der Waals surface area contributed by atoms with Crippen molar-refractivity contribution in [2.75, 3.05) is 40.0 Å². The van der Waals surface area contributed by atoms with Crippen LogP contribution in [0.5, 0.6) is 0 Å². The van der Waals surface area contributed by atoms with E-state index in [2.05, 4.69) is 0 Å². The van der Waals surface area contributed by atoms with Crippen LogP contribution in [0, 0.1) is 11.3 Å². The third-order valence-corrected chi connectivity index (χ3v) is 5.55. The number of ether oxygens (including phenoxy) is 2. The average Bonchev–Trinajstić information content (AvgIpc) is 3.19. The van der Waals surface area contributed by atoms with E-state index < -0.39 is 0 Å². The summed E-state index contributed by atoms with van der Waals surface area (Å²) >= 11 is 0. The summed E-state index contributed by atoms with van der Waals surface area (Å²) in [4.78, 5) is 26.8. The molecule has 3 aliphatic rings. The number of nitrogens with zero attached hydrogens (tertiary/aromatic N) is 1. The lowest BCUT2D eigenvalue weighted by Crippen LogP contribution is -2.37. The molecule has 2 atom stereocenters. The number of Topliss-reactive ketones (excluding diaryl/α,β-unsaturated/α-hetero) is 1. The molecule has 122 valence electrons. The first-order valence-corrected chi connectivity index (χ1v) is 8.16. The van der Waals surface area contributed by atoms with Crippen LogP contribution in [0.15, 0.2) is 18.2 Å². The number of methoxy groups -OCH3 is 1. The first-order valence-electron chi connectivity index (χ1n) is 8.16. The quantitative estimate of drug-likeness (QED) is 0.849. The van der Waals surface area contributed by atoms with Crippen molar-refractivity contribution >= 4 is 11.7 Å². The highest BCUT2D eigenvalue weighted by atomic mass is 16.5. The largest absolute Gasteiger partial charge is 0.384 e. The maximum Gasteiger partial charge on any atom is 0.254 e. The highest BCUT2D eigenvalue weighted by molar-refractivity contribution is 6.05. The second kappa shape index (κ2) is 5.42. The van der Waals surface area contributed by atoms with Gasteiger partial charge in [-0.2, -0.15) is 0 Å². The third-order valence-electron chi connectivity index (χ3n) is 5.55. The molecule has 2 fully saturated rings. The molecule has 0 radical (unpaired) electrons. The molecule has 2 saturated heterocycles. The molecule has 0 unspecified atom stereocenters. The summed E-state index contributed by atoms with van der Waals surface area (Å²) in [5.74, 6) is 0.531. The van der Waals surface area contributed by atoms with Crippen molar-refractivity contribution in [3.05, 3.63) is 34.9 Å². The number of carbonyl (C=O) groups excluding carboxylic acids is 2. The van der Waals surface area contributed by atoms with Gasteiger partial charge in [0.25, 0.3) is 5.91 Å². The third kappa shape index (κ3) is 2.22. The normalized spacial score (nSPS) is 29.0. The summed E-state index contributed by atoms with van der Waals surface area (Å²) in [6, 6.07) is 5.51. The van der Waals surface area contributed by atoms with E-state index in [1.807, 2.05) is 23.1 Å². The molecule has 1 aromatic carbocycles. The van der Waals surface area contributed by atoms with Gasteiger partial charge in [-0.05, 0) is 18.1 Å². The van der Waals surface area contributed by atoms with E-state index in [9.17, 15) is 9.59 Å². The topological polar surface area (TPSA) is 55.8 Å². The molecule has 1 aliphatic carbocycles. The average molecular weight is 315 g/mol. The smallest absolute Gasteiger partial charge is 0.254 e.